The molecule has 0 saturated heterocycles. The molecule has 2 heterocycles. The molecule has 2 aromatic heterocycles. The smallest absolute Gasteiger partial charge is 0.259 e. The lowest BCUT2D eigenvalue weighted by atomic mass is 10.1. The number of aromatic nitrogens is 3. The van der Waals surface area contributed by atoms with Crippen LogP contribution in [0.15, 0.2) is 47.1 Å². The van der Waals surface area contributed by atoms with Crippen molar-refractivity contribution in [3.05, 3.63) is 48.2 Å². The number of nitrogens with zero attached hydrogens (tertiary/aromatic N) is 3. The molecule has 5 heteroatoms. The molecule has 0 spiro atoms. The molecule has 3 rings (SSSR count). The third-order valence-corrected chi connectivity index (χ3v) is 2.74. The van der Waals surface area contributed by atoms with E-state index in [1.165, 1.54) is 0 Å². The van der Waals surface area contributed by atoms with Gasteiger partial charge in [0.1, 0.15) is 5.82 Å². The number of pyridine rings is 1. The Balaban J connectivity index is 1.97. The van der Waals surface area contributed by atoms with E-state index >= 15 is 0 Å². The van der Waals surface area contributed by atoms with Gasteiger partial charge in [0.2, 0.25) is 5.82 Å². The summed E-state index contributed by atoms with van der Waals surface area (Å²) >= 11 is 0. The molecule has 0 saturated carbocycles. The van der Waals surface area contributed by atoms with Gasteiger partial charge in [-0.15, -0.1) is 0 Å². The Labute approximate surface area is 110 Å². The van der Waals surface area contributed by atoms with Gasteiger partial charge in [-0.1, -0.05) is 28.9 Å². The lowest BCUT2D eigenvalue weighted by Crippen LogP contribution is -1.89. The van der Waals surface area contributed by atoms with Crippen LogP contribution < -0.4 is 5.73 Å². The number of hydrogen-bond acceptors (Lipinski definition) is 5. The van der Waals surface area contributed by atoms with Crippen molar-refractivity contribution in [2.45, 2.75) is 6.92 Å². The molecule has 0 fully saturated rings. The SMILES string of the molecule is Cc1cccc(-c2noc(-c3ccc(N)nc3)n2)c1. The zero-order valence-electron chi connectivity index (χ0n) is 10.4. The summed E-state index contributed by atoms with van der Waals surface area (Å²) in [7, 11) is 0. The number of anilines is 1. The maximum absolute atomic E-state index is 5.54. The van der Waals surface area contributed by atoms with Gasteiger partial charge in [-0.25, -0.2) is 4.98 Å². The summed E-state index contributed by atoms with van der Waals surface area (Å²) in [6, 6.07) is 11.4. The van der Waals surface area contributed by atoms with Crippen LogP contribution in [0, 0.1) is 6.92 Å². The van der Waals surface area contributed by atoms with Crippen LogP contribution in [0.1, 0.15) is 5.56 Å². The van der Waals surface area contributed by atoms with Gasteiger partial charge in [0.15, 0.2) is 0 Å². The maximum atomic E-state index is 5.54. The highest BCUT2D eigenvalue weighted by Crippen LogP contribution is 2.22. The van der Waals surface area contributed by atoms with Gasteiger partial charge in [-0.3, -0.25) is 0 Å². The van der Waals surface area contributed by atoms with E-state index in [1.54, 1.807) is 18.3 Å². The van der Waals surface area contributed by atoms with Gasteiger partial charge in [-0.2, -0.15) is 4.98 Å². The summed E-state index contributed by atoms with van der Waals surface area (Å²) in [5.74, 6) is 1.46. The maximum Gasteiger partial charge on any atom is 0.259 e. The van der Waals surface area contributed by atoms with Crippen LogP contribution in [0.2, 0.25) is 0 Å². The summed E-state index contributed by atoms with van der Waals surface area (Å²) in [5, 5.41) is 3.98. The molecule has 0 unspecified atom stereocenters. The van der Waals surface area contributed by atoms with E-state index < -0.39 is 0 Å². The Morgan fingerprint density at radius 1 is 1.11 bits per heavy atom. The van der Waals surface area contributed by atoms with Crippen LogP contribution in [-0.2, 0) is 0 Å². The van der Waals surface area contributed by atoms with E-state index in [-0.39, 0.29) is 0 Å². The second kappa shape index (κ2) is 4.53. The minimum atomic E-state index is 0.434. The van der Waals surface area contributed by atoms with Crippen LogP contribution in [0.5, 0.6) is 0 Å². The third-order valence-electron chi connectivity index (χ3n) is 2.74. The second-order valence-electron chi connectivity index (χ2n) is 4.26. The summed E-state index contributed by atoms with van der Waals surface area (Å²) in [6.07, 6.45) is 1.61. The second-order valence-corrected chi connectivity index (χ2v) is 4.26. The van der Waals surface area contributed by atoms with Crippen molar-refractivity contribution in [3.8, 4) is 22.8 Å². The lowest BCUT2D eigenvalue weighted by molar-refractivity contribution is 0.432. The van der Waals surface area contributed by atoms with Crippen molar-refractivity contribution in [2.75, 3.05) is 5.73 Å². The highest BCUT2D eigenvalue weighted by molar-refractivity contribution is 5.60. The topological polar surface area (TPSA) is 77.8 Å². The first-order chi connectivity index (χ1) is 9.22. The number of aryl methyl sites for hydroxylation is 1. The molecule has 0 bridgehead atoms. The van der Waals surface area contributed by atoms with Crippen molar-refractivity contribution in [3.63, 3.8) is 0 Å². The van der Waals surface area contributed by atoms with E-state index in [4.69, 9.17) is 10.3 Å². The number of nitrogen functional groups attached to an aromatic ring is 1. The highest BCUT2D eigenvalue weighted by atomic mass is 16.5. The first-order valence-electron chi connectivity index (χ1n) is 5.85. The van der Waals surface area contributed by atoms with Crippen LogP contribution in [0.3, 0.4) is 0 Å². The van der Waals surface area contributed by atoms with Gasteiger partial charge in [-0.05, 0) is 25.1 Å². The van der Waals surface area contributed by atoms with Crippen molar-refractivity contribution in [1.82, 2.24) is 15.1 Å². The van der Waals surface area contributed by atoms with Crippen LogP contribution in [0.4, 0.5) is 5.82 Å². The minimum Gasteiger partial charge on any atom is -0.384 e. The number of rotatable bonds is 2. The molecular formula is C14H12N4O. The summed E-state index contributed by atoms with van der Waals surface area (Å²) < 4.78 is 5.24. The molecule has 0 amide bonds. The molecule has 94 valence electrons. The Morgan fingerprint density at radius 3 is 2.74 bits per heavy atom. The van der Waals surface area contributed by atoms with Crippen LogP contribution in [0.25, 0.3) is 22.8 Å². The Bertz CT molecular complexity index is 703. The average Bonchev–Trinajstić information content (AvgIpc) is 2.89. The first-order valence-corrected chi connectivity index (χ1v) is 5.85. The van der Waals surface area contributed by atoms with E-state index in [2.05, 4.69) is 15.1 Å². The van der Waals surface area contributed by atoms with Gasteiger partial charge in [0.05, 0.1) is 5.56 Å². The lowest BCUT2D eigenvalue weighted by Gasteiger charge is -1.95. The predicted molar refractivity (Wildman–Crippen MR) is 72.1 cm³/mol. The normalized spacial score (nSPS) is 10.6. The van der Waals surface area contributed by atoms with Crippen molar-refractivity contribution >= 4 is 5.82 Å². The average molecular weight is 252 g/mol. The van der Waals surface area contributed by atoms with Crippen LogP contribution in [-0.4, -0.2) is 15.1 Å². The predicted octanol–water partition coefficient (Wildman–Crippen LogP) is 2.69. The Kier molecular flexibility index (Phi) is 2.72. The van der Waals surface area contributed by atoms with Gasteiger partial charge < -0.3 is 10.3 Å². The standard InChI is InChI=1S/C14H12N4O/c1-9-3-2-4-10(7-9)13-17-14(19-18-13)11-5-6-12(15)16-8-11/h2-8H,1H3,(H2,15,16). The van der Waals surface area contributed by atoms with Crippen LogP contribution >= 0.6 is 0 Å². The summed E-state index contributed by atoms with van der Waals surface area (Å²) in [6.45, 7) is 2.02. The van der Waals surface area contributed by atoms with E-state index in [9.17, 15) is 0 Å². The Hall–Kier alpha value is -2.69. The fourth-order valence-electron chi connectivity index (χ4n) is 1.77. The molecule has 0 aliphatic carbocycles. The van der Waals surface area contributed by atoms with Gasteiger partial charge >= 0.3 is 0 Å². The number of nitrogens with two attached hydrogens (primary N) is 1. The molecule has 0 radical (unpaired) electrons. The summed E-state index contributed by atoms with van der Waals surface area (Å²) in [5.41, 5.74) is 8.37. The molecule has 5 nitrogen and oxygen atoms in total. The molecule has 0 aliphatic rings. The van der Waals surface area contributed by atoms with E-state index in [0.29, 0.717) is 17.5 Å². The molecule has 3 aromatic rings. The van der Waals surface area contributed by atoms with Gasteiger partial charge in [0, 0.05) is 11.8 Å². The zero-order valence-corrected chi connectivity index (χ0v) is 10.4. The fourth-order valence-corrected chi connectivity index (χ4v) is 1.77. The fraction of sp³-hybridized carbons (Fsp3) is 0.0714. The monoisotopic (exact) mass is 252 g/mol. The van der Waals surface area contributed by atoms with Crippen molar-refractivity contribution in [2.24, 2.45) is 0 Å². The molecule has 0 aliphatic heterocycles. The molecule has 0 atom stereocenters. The molecule has 19 heavy (non-hydrogen) atoms. The first kappa shape index (κ1) is 11.4. The van der Waals surface area contributed by atoms with E-state index in [0.717, 1.165) is 16.7 Å². The van der Waals surface area contributed by atoms with Gasteiger partial charge in [0.25, 0.3) is 5.89 Å². The van der Waals surface area contributed by atoms with Crippen molar-refractivity contribution in [1.29, 1.82) is 0 Å². The Morgan fingerprint density at radius 2 is 2.00 bits per heavy atom. The molecule has 2 N–H and O–H groups in total. The third kappa shape index (κ3) is 2.30. The number of benzene rings is 1. The number of hydrogen-bond donors (Lipinski definition) is 1. The minimum absolute atomic E-state index is 0.434. The summed E-state index contributed by atoms with van der Waals surface area (Å²) in [4.78, 5) is 8.36. The quantitative estimate of drug-likeness (QED) is 0.758. The molecule has 1 aromatic carbocycles. The van der Waals surface area contributed by atoms with Crippen molar-refractivity contribution < 1.29 is 4.52 Å². The van der Waals surface area contributed by atoms with E-state index in [1.807, 2.05) is 31.2 Å². The molecular weight excluding hydrogens is 240 g/mol. The zero-order chi connectivity index (χ0) is 13.2. The largest absolute Gasteiger partial charge is 0.384 e. The highest BCUT2D eigenvalue weighted by Gasteiger charge is 2.10.